The van der Waals surface area contributed by atoms with E-state index >= 15 is 0 Å². The van der Waals surface area contributed by atoms with E-state index in [2.05, 4.69) is 48.5 Å². The summed E-state index contributed by atoms with van der Waals surface area (Å²) in [7, 11) is -9.91. The van der Waals surface area contributed by atoms with Gasteiger partial charge in [-0.25, -0.2) is 9.13 Å². The number of ether oxygens (including phenoxy) is 4. The lowest BCUT2D eigenvalue weighted by Crippen LogP contribution is -2.30. The second-order valence-electron chi connectivity index (χ2n) is 28.9. The lowest BCUT2D eigenvalue weighted by atomic mass is 9.99. The molecule has 0 aromatic heterocycles. The van der Waals surface area contributed by atoms with Gasteiger partial charge in [0, 0.05) is 25.7 Å². The van der Waals surface area contributed by atoms with Crippen LogP contribution in [0.3, 0.4) is 0 Å². The van der Waals surface area contributed by atoms with Gasteiger partial charge >= 0.3 is 39.5 Å². The monoisotopic (exact) mass is 1410 g/mol. The molecule has 0 aromatic rings. The van der Waals surface area contributed by atoms with Crippen LogP contribution in [0.5, 0.6) is 0 Å². The Kier molecular flexibility index (Phi) is 66.2. The molecule has 0 bridgehead atoms. The molecule has 0 aromatic carbocycles. The van der Waals surface area contributed by atoms with Crippen LogP contribution in [0.4, 0.5) is 0 Å². The standard InChI is InChI=1S/C77H150O17P2/c1-8-10-11-12-13-14-15-16-24-27-30-37-44-51-58-74(79)87-64-72(93-76(81)60-53-46-38-31-28-25-22-20-18-17-19-21-23-26-29-36-43-50-57-70(7)9-2)66-91-95(83,84)89-62-71(78)63-90-96(85,86)92-67-73(94-77(82)61-54-47-40-33-35-42-49-56-69(5)6)65-88-75(80)59-52-45-39-32-34-41-48-55-68(3)4/h68-73,78H,8-67H2,1-7H3,(H,83,84)(H,85,86)/t70?,71-,72-,73-/m1/s1. The summed E-state index contributed by atoms with van der Waals surface area (Å²) in [6.45, 7) is 11.8. The predicted molar refractivity (Wildman–Crippen MR) is 391 cm³/mol. The minimum Gasteiger partial charge on any atom is -0.462 e. The van der Waals surface area contributed by atoms with E-state index in [4.69, 9.17) is 37.0 Å². The number of rotatable bonds is 75. The minimum atomic E-state index is -4.96. The maximum absolute atomic E-state index is 13.1. The van der Waals surface area contributed by atoms with Crippen molar-refractivity contribution < 1.29 is 80.2 Å². The highest BCUT2D eigenvalue weighted by Gasteiger charge is 2.30. The molecule has 19 heteroatoms. The highest BCUT2D eigenvalue weighted by atomic mass is 31.2. The molecule has 3 N–H and O–H groups in total. The van der Waals surface area contributed by atoms with Crippen LogP contribution in [0.25, 0.3) is 0 Å². The van der Waals surface area contributed by atoms with Gasteiger partial charge in [0.05, 0.1) is 26.4 Å². The molecule has 0 rings (SSSR count). The molecule has 6 atom stereocenters. The number of hydrogen-bond acceptors (Lipinski definition) is 15. The molecule has 96 heavy (non-hydrogen) atoms. The lowest BCUT2D eigenvalue weighted by molar-refractivity contribution is -0.161. The maximum Gasteiger partial charge on any atom is 0.472 e. The Hall–Kier alpha value is -1.94. The van der Waals surface area contributed by atoms with E-state index in [1.54, 1.807) is 0 Å². The summed E-state index contributed by atoms with van der Waals surface area (Å²) >= 11 is 0. The number of phosphoric ester groups is 2. The topological polar surface area (TPSA) is 237 Å². The highest BCUT2D eigenvalue weighted by Crippen LogP contribution is 2.45. The summed E-state index contributed by atoms with van der Waals surface area (Å²) in [5, 5.41) is 10.6. The number of hydrogen-bond donors (Lipinski definition) is 3. The molecule has 0 aliphatic rings. The molecule has 0 saturated heterocycles. The van der Waals surface area contributed by atoms with Gasteiger partial charge in [0.25, 0.3) is 0 Å². The molecule has 0 fully saturated rings. The molecule has 0 heterocycles. The molecular formula is C77H150O17P2. The Morgan fingerprint density at radius 3 is 0.792 bits per heavy atom. The van der Waals surface area contributed by atoms with Gasteiger partial charge in [0.2, 0.25) is 0 Å². The van der Waals surface area contributed by atoms with E-state index in [1.165, 1.54) is 199 Å². The number of esters is 4. The van der Waals surface area contributed by atoms with E-state index in [-0.39, 0.29) is 25.7 Å². The third kappa shape index (κ3) is 69.2. The van der Waals surface area contributed by atoms with E-state index in [0.29, 0.717) is 37.5 Å². The molecule has 0 radical (unpaired) electrons. The highest BCUT2D eigenvalue weighted by molar-refractivity contribution is 7.47. The van der Waals surface area contributed by atoms with Gasteiger partial charge in [-0.05, 0) is 43.4 Å². The average Bonchev–Trinajstić information content (AvgIpc) is 1.21. The summed E-state index contributed by atoms with van der Waals surface area (Å²) in [5.74, 6) is 0.152. The first-order chi connectivity index (χ1) is 46.3. The van der Waals surface area contributed by atoms with Crippen molar-refractivity contribution in [3.63, 3.8) is 0 Å². The smallest absolute Gasteiger partial charge is 0.462 e. The first kappa shape index (κ1) is 94.1. The Morgan fingerprint density at radius 2 is 0.531 bits per heavy atom. The van der Waals surface area contributed by atoms with Crippen molar-refractivity contribution in [3.05, 3.63) is 0 Å². The van der Waals surface area contributed by atoms with Gasteiger partial charge in [-0.3, -0.25) is 37.3 Å². The van der Waals surface area contributed by atoms with Gasteiger partial charge < -0.3 is 33.8 Å². The lowest BCUT2D eigenvalue weighted by Gasteiger charge is -2.21. The number of carbonyl (C=O) groups excluding carboxylic acids is 4. The molecule has 3 unspecified atom stereocenters. The van der Waals surface area contributed by atoms with Gasteiger partial charge in [0.1, 0.15) is 19.3 Å². The summed E-state index contributed by atoms with van der Waals surface area (Å²) in [5.41, 5.74) is 0. The van der Waals surface area contributed by atoms with Crippen molar-refractivity contribution >= 4 is 39.5 Å². The van der Waals surface area contributed by atoms with Gasteiger partial charge in [0.15, 0.2) is 12.2 Å². The molecule has 570 valence electrons. The second-order valence-corrected chi connectivity index (χ2v) is 31.8. The average molecular weight is 1410 g/mol. The summed E-state index contributed by atoms with van der Waals surface area (Å²) in [6, 6.07) is 0. The fraction of sp³-hybridized carbons (Fsp3) is 0.948. The number of unbranched alkanes of at least 4 members (excludes halogenated alkanes) is 42. The first-order valence-corrected chi connectivity index (χ1v) is 42.9. The van der Waals surface area contributed by atoms with Crippen molar-refractivity contribution in [3.8, 4) is 0 Å². The third-order valence-corrected chi connectivity index (χ3v) is 20.1. The number of phosphoric acid groups is 2. The first-order valence-electron chi connectivity index (χ1n) is 39.9. The minimum absolute atomic E-state index is 0.103. The van der Waals surface area contributed by atoms with Crippen LogP contribution in [0.15, 0.2) is 0 Å². The normalized spacial score (nSPS) is 14.3. The van der Waals surface area contributed by atoms with E-state index < -0.39 is 97.5 Å². The molecule has 0 amide bonds. The van der Waals surface area contributed by atoms with Crippen molar-refractivity contribution in [1.29, 1.82) is 0 Å². The fourth-order valence-electron chi connectivity index (χ4n) is 11.7. The van der Waals surface area contributed by atoms with Crippen LogP contribution in [0.1, 0.15) is 395 Å². The van der Waals surface area contributed by atoms with E-state index in [9.17, 15) is 43.2 Å². The van der Waals surface area contributed by atoms with Gasteiger partial charge in [-0.15, -0.1) is 0 Å². The summed E-state index contributed by atoms with van der Waals surface area (Å²) in [6.07, 6.45) is 54.4. The molecule has 17 nitrogen and oxygen atoms in total. The maximum atomic E-state index is 13.1. The van der Waals surface area contributed by atoms with Crippen LogP contribution >= 0.6 is 15.6 Å². The van der Waals surface area contributed by atoms with Crippen LogP contribution in [0, 0.1) is 17.8 Å². The largest absolute Gasteiger partial charge is 0.472 e. The fourth-order valence-corrected chi connectivity index (χ4v) is 13.3. The van der Waals surface area contributed by atoms with Crippen molar-refractivity contribution in [2.45, 2.75) is 414 Å². The summed E-state index contributed by atoms with van der Waals surface area (Å²) in [4.78, 5) is 72.7. The molecule has 0 aliphatic carbocycles. The molecule has 0 aliphatic heterocycles. The van der Waals surface area contributed by atoms with Crippen molar-refractivity contribution in [2.75, 3.05) is 39.6 Å². The van der Waals surface area contributed by atoms with Gasteiger partial charge in [-0.1, -0.05) is 344 Å². The zero-order valence-corrected chi connectivity index (χ0v) is 64.6. The zero-order valence-electron chi connectivity index (χ0n) is 62.8. The van der Waals surface area contributed by atoms with Crippen molar-refractivity contribution in [2.24, 2.45) is 17.8 Å². The van der Waals surface area contributed by atoms with Crippen LogP contribution in [0.2, 0.25) is 0 Å². The quantitative estimate of drug-likeness (QED) is 0.0222. The molecule has 0 spiro atoms. The van der Waals surface area contributed by atoms with E-state index in [0.717, 1.165) is 102 Å². The third-order valence-electron chi connectivity index (χ3n) is 18.2. The number of aliphatic hydroxyl groups excluding tert-OH is 1. The Bertz CT molecular complexity index is 1870. The Labute approximate surface area is 588 Å². The summed E-state index contributed by atoms with van der Waals surface area (Å²) < 4.78 is 68.5. The zero-order chi connectivity index (χ0) is 70.9. The molecular weight excluding hydrogens is 1260 g/mol. The van der Waals surface area contributed by atoms with E-state index in [1.807, 2.05) is 0 Å². The molecule has 0 saturated carbocycles. The van der Waals surface area contributed by atoms with Crippen LogP contribution in [-0.2, 0) is 65.4 Å². The predicted octanol–water partition coefficient (Wildman–Crippen LogP) is 22.6. The SMILES string of the molecule is CCCCCCCCCCCCCCCCC(=O)OC[C@H](COP(=O)(O)OC[C@@H](O)COP(=O)(O)OC[C@@H](COC(=O)CCCCCCCCCC(C)C)OC(=O)CCCCCCCCCC(C)C)OC(=O)CCCCCCCCCCCCCCCCCCCCC(C)CC. The van der Waals surface area contributed by atoms with Gasteiger partial charge in [-0.2, -0.15) is 0 Å². The second kappa shape index (κ2) is 67.5. The van der Waals surface area contributed by atoms with Crippen LogP contribution < -0.4 is 0 Å². The Balaban J connectivity index is 5.18. The Morgan fingerprint density at radius 1 is 0.302 bits per heavy atom. The van der Waals surface area contributed by atoms with Crippen LogP contribution in [-0.4, -0.2) is 96.7 Å². The number of carbonyl (C=O) groups is 4. The van der Waals surface area contributed by atoms with Crippen molar-refractivity contribution in [1.82, 2.24) is 0 Å². The number of aliphatic hydroxyl groups is 1.